The normalized spacial score (nSPS) is 11.5. The van der Waals surface area contributed by atoms with E-state index in [0.29, 0.717) is 16.7 Å². The van der Waals surface area contributed by atoms with Crippen LogP contribution in [0.15, 0.2) is 47.6 Å². The Bertz CT molecular complexity index is 1070. The molecule has 4 rings (SSSR count). The molecule has 0 radical (unpaired) electrons. The number of para-hydroxylation sites is 2. The molecular weight excluding hydrogens is 328 g/mol. The van der Waals surface area contributed by atoms with Crippen molar-refractivity contribution in [3.63, 3.8) is 0 Å². The smallest absolute Gasteiger partial charge is 0.265 e. The molecule has 2 aromatic carbocycles. The molecule has 0 fully saturated rings. The fraction of sp³-hybridized carbons (Fsp3) is 0. The van der Waals surface area contributed by atoms with E-state index in [1.54, 1.807) is 18.2 Å². The lowest BCUT2D eigenvalue weighted by molar-refractivity contribution is 0.475. The fourth-order valence-electron chi connectivity index (χ4n) is 2.36. The topological polar surface area (TPSA) is 99.1 Å². The predicted molar refractivity (Wildman–Crippen MR) is 93.5 cm³/mol. The minimum absolute atomic E-state index is 0.0326. The monoisotopic (exact) mass is 338 g/mol. The zero-order valence-electron chi connectivity index (χ0n) is 12.2. The number of fused-ring (bicyclic) bond motifs is 3. The Morgan fingerprint density at radius 1 is 1.12 bits per heavy atom. The number of rotatable bonds is 3. The van der Waals surface area contributed by atoms with Gasteiger partial charge in [-0.05, 0) is 18.2 Å². The molecule has 0 amide bonds. The van der Waals surface area contributed by atoms with Crippen LogP contribution < -0.4 is 5.43 Å². The van der Waals surface area contributed by atoms with E-state index in [0.717, 1.165) is 10.9 Å². The number of H-pyrrole nitrogens is 1. The van der Waals surface area contributed by atoms with Crippen molar-refractivity contribution in [1.82, 2.24) is 20.2 Å². The van der Waals surface area contributed by atoms with Gasteiger partial charge in [0.25, 0.3) is 5.95 Å². The summed E-state index contributed by atoms with van der Waals surface area (Å²) in [5, 5.41) is 23.2. The number of hydrogen-bond donors (Lipinski definition) is 3. The second-order valence-corrected chi connectivity index (χ2v) is 5.46. The number of hydrazone groups is 1. The van der Waals surface area contributed by atoms with Gasteiger partial charge in [0.1, 0.15) is 11.3 Å². The second-order valence-electron chi connectivity index (χ2n) is 5.05. The zero-order valence-corrected chi connectivity index (χ0v) is 13.0. The van der Waals surface area contributed by atoms with Crippen LogP contribution in [0, 0.1) is 0 Å². The van der Waals surface area contributed by atoms with Gasteiger partial charge in [-0.15, -0.1) is 10.2 Å². The first-order chi connectivity index (χ1) is 11.7. The van der Waals surface area contributed by atoms with Crippen molar-refractivity contribution in [2.75, 3.05) is 5.43 Å². The van der Waals surface area contributed by atoms with Gasteiger partial charge in [-0.2, -0.15) is 10.1 Å². The van der Waals surface area contributed by atoms with E-state index >= 15 is 0 Å². The summed E-state index contributed by atoms with van der Waals surface area (Å²) in [7, 11) is 0. The van der Waals surface area contributed by atoms with Crippen LogP contribution in [0.1, 0.15) is 5.56 Å². The molecule has 0 bridgehead atoms. The van der Waals surface area contributed by atoms with Crippen molar-refractivity contribution in [1.29, 1.82) is 0 Å². The highest BCUT2D eigenvalue weighted by atomic mass is 35.5. The summed E-state index contributed by atoms with van der Waals surface area (Å²) in [4.78, 5) is 7.52. The standard InChI is InChI=1S/C16H11ClN6O/c17-11-6-3-4-9(14(11)24)8-18-22-16-20-15-13(21-23-16)10-5-1-2-7-12(10)19-15/h1-8,24H,(H2,19,20,22,23)/b18-8-. The predicted octanol–water partition coefficient (Wildman–Crippen LogP) is 3.31. The summed E-state index contributed by atoms with van der Waals surface area (Å²) in [5.74, 6) is 0.210. The average molecular weight is 339 g/mol. The number of phenolic OH excluding ortho intramolecular Hbond substituents is 1. The summed E-state index contributed by atoms with van der Waals surface area (Å²) >= 11 is 5.84. The van der Waals surface area contributed by atoms with E-state index in [1.807, 2.05) is 24.3 Å². The third-order valence-corrected chi connectivity index (χ3v) is 3.81. The molecule has 2 aromatic heterocycles. The number of phenols is 1. The van der Waals surface area contributed by atoms with Gasteiger partial charge in [0.2, 0.25) is 0 Å². The lowest BCUT2D eigenvalue weighted by Gasteiger charge is -2.00. The Balaban J connectivity index is 1.61. The van der Waals surface area contributed by atoms with E-state index in [2.05, 4.69) is 30.7 Å². The summed E-state index contributed by atoms with van der Waals surface area (Å²) in [5.41, 5.74) is 5.43. The molecule has 7 nitrogen and oxygen atoms in total. The number of nitrogens with zero attached hydrogens (tertiary/aromatic N) is 4. The van der Waals surface area contributed by atoms with Gasteiger partial charge in [-0.1, -0.05) is 35.9 Å². The molecule has 0 aliphatic heterocycles. The number of hydrogen-bond acceptors (Lipinski definition) is 6. The third kappa shape index (κ3) is 2.50. The average Bonchev–Trinajstić information content (AvgIpc) is 2.96. The summed E-state index contributed by atoms with van der Waals surface area (Å²) < 4.78 is 0. The SMILES string of the molecule is Oc1c(Cl)cccc1/C=N\Nc1nnc2c(n1)[nH]c1ccccc12. The van der Waals surface area contributed by atoms with Crippen molar-refractivity contribution in [3.05, 3.63) is 53.1 Å². The second kappa shape index (κ2) is 5.78. The molecule has 0 atom stereocenters. The van der Waals surface area contributed by atoms with Crippen molar-refractivity contribution < 1.29 is 5.11 Å². The highest BCUT2D eigenvalue weighted by molar-refractivity contribution is 6.32. The maximum atomic E-state index is 9.82. The first-order valence-electron chi connectivity index (χ1n) is 7.10. The Labute approximate surface area is 141 Å². The molecule has 2 heterocycles. The number of aromatic nitrogens is 4. The maximum absolute atomic E-state index is 9.82. The minimum Gasteiger partial charge on any atom is -0.506 e. The summed E-state index contributed by atoms with van der Waals surface area (Å²) in [6.07, 6.45) is 1.43. The lowest BCUT2D eigenvalue weighted by Crippen LogP contribution is -1.99. The lowest BCUT2D eigenvalue weighted by atomic mass is 10.2. The molecule has 0 unspecified atom stereocenters. The van der Waals surface area contributed by atoms with Gasteiger partial charge in [-0.3, -0.25) is 0 Å². The van der Waals surface area contributed by atoms with Crippen LogP contribution in [0.3, 0.4) is 0 Å². The van der Waals surface area contributed by atoms with Gasteiger partial charge in [0, 0.05) is 16.5 Å². The number of anilines is 1. The van der Waals surface area contributed by atoms with E-state index in [9.17, 15) is 5.11 Å². The van der Waals surface area contributed by atoms with Crippen molar-refractivity contribution in [2.45, 2.75) is 0 Å². The number of benzene rings is 2. The van der Waals surface area contributed by atoms with Crippen LogP contribution in [-0.4, -0.2) is 31.5 Å². The van der Waals surface area contributed by atoms with Crippen LogP contribution in [0.5, 0.6) is 5.75 Å². The Morgan fingerprint density at radius 2 is 2.00 bits per heavy atom. The number of halogens is 1. The summed E-state index contributed by atoms with van der Waals surface area (Å²) in [6.45, 7) is 0. The maximum Gasteiger partial charge on any atom is 0.265 e. The number of aromatic amines is 1. The quantitative estimate of drug-likeness (QED) is 0.393. The highest BCUT2D eigenvalue weighted by Gasteiger charge is 2.08. The van der Waals surface area contributed by atoms with Gasteiger partial charge in [0.05, 0.1) is 11.2 Å². The molecule has 24 heavy (non-hydrogen) atoms. The molecule has 0 aliphatic carbocycles. The summed E-state index contributed by atoms with van der Waals surface area (Å²) in [6, 6.07) is 12.8. The number of aromatic hydroxyl groups is 1. The van der Waals surface area contributed by atoms with Crippen molar-refractivity contribution >= 4 is 45.8 Å². The molecule has 0 spiro atoms. The Kier molecular flexibility index (Phi) is 3.47. The van der Waals surface area contributed by atoms with Gasteiger partial charge in [-0.25, -0.2) is 5.43 Å². The highest BCUT2D eigenvalue weighted by Crippen LogP contribution is 2.25. The van der Waals surface area contributed by atoms with Crippen molar-refractivity contribution in [3.8, 4) is 5.75 Å². The molecular formula is C16H11ClN6O. The first kappa shape index (κ1) is 14.4. The Hall–Kier alpha value is -3.19. The number of nitrogens with one attached hydrogen (secondary N) is 2. The first-order valence-corrected chi connectivity index (χ1v) is 7.48. The van der Waals surface area contributed by atoms with Gasteiger partial charge >= 0.3 is 0 Å². The van der Waals surface area contributed by atoms with Crippen LogP contribution in [0.4, 0.5) is 5.95 Å². The third-order valence-electron chi connectivity index (χ3n) is 3.51. The van der Waals surface area contributed by atoms with E-state index in [4.69, 9.17) is 11.6 Å². The minimum atomic E-state index is -0.0326. The molecule has 0 aliphatic rings. The van der Waals surface area contributed by atoms with Crippen LogP contribution in [0.2, 0.25) is 5.02 Å². The molecule has 118 valence electrons. The molecule has 0 saturated heterocycles. The van der Waals surface area contributed by atoms with E-state index < -0.39 is 0 Å². The van der Waals surface area contributed by atoms with Crippen LogP contribution in [-0.2, 0) is 0 Å². The Morgan fingerprint density at radius 3 is 2.92 bits per heavy atom. The fourth-order valence-corrected chi connectivity index (χ4v) is 2.55. The van der Waals surface area contributed by atoms with Crippen LogP contribution in [0.25, 0.3) is 22.1 Å². The largest absolute Gasteiger partial charge is 0.506 e. The molecule has 0 saturated carbocycles. The van der Waals surface area contributed by atoms with E-state index in [1.165, 1.54) is 6.21 Å². The van der Waals surface area contributed by atoms with Gasteiger partial charge in [0.15, 0.2) is 5.65 Å². The molecule has 3 N–H and O–H groups in total. The zero-order chi connectivity index (χ0) is 16.5. The van der Waals surface area contributed by atoms with Crippen molar-refractivity contribution in [2.24, 2.45) is 5.10 Å². The van der Waals surface area contributed by atoms with E-state index in [-0.39, 0.29) is 16.7 Å². The van der Waals surface area contributed by atoms with Crippen LogP contribution >= 0.6 is 11.6 Å². The molecule has 4 aromatic rings. The van der Waals surface area contributed by atoms with Gasteiger partial charge < -0.3 is 10.1 Å². The molecule has 8 heteroatoms.